The molecule has 138 valence electrons. The molecule has 0 aliphatic carbocycles. The summed E-state index contributed by atoms with van der Waals surface area (Å²) in [7, 11) is 0. The van der Waals surface area contributed by atoms with Gasteiger partial charge in [0.25, 0.3) is 5.91 Å². The largest absolute Gasteiger partial charge is 0.391 e. The summed E-state index contributed by atoms with van der Waals surface area (Å²) in [4.78, 5) is 17.5. The van der Waals surface area contributed by atoms with Crippen molar-refractivity contribution in [1.82, 2.24) is 20.1 Å². The van der Waals surface area contributed by atoms with Gasteiger partial charge in [-0.1, -0.05) is 34.6 Å². The highest BCUT2D eigenvalue weighted by atomic mass is 16.3. The van der Waals surface area contributed by atoms with Crippen molar-refractivity contribution in [3.8, 4) is 0 Å². The number of nitrogens with one attached hydrogen (secondary N) is 1. The van der Waals surface area contributed by atoms with Gasteiger partial charge in [0, 0.05) is 18.3 Å². The van der Waals surface area contributed by atoms with Crippen molar-refractivity contribution in [1.29, 1.82) is 0 Å². The molecule has 0 radical (unpaired) electrons. The van der Waals surface area contributed by atoms with Gasteiger partial charge in [0.2, 0.25) is 0 Å². The number of carbonyl (C=O) groups excluding carboxylic acids is 1. The fraction of sp³-hybridized carbons (Fsp3) is 0.632. The normalized spacial score (nSPS) is 13.7. The smallest absolute Gasteiger partial charge is 0.252 e. The number of nitrogens with zero attached hydrogens (tertiary/aromatic N) is 3. The highest BCUT2D eigenvalue weighted by molar-refractivity contribution is 6.05. The number of amides is 1. The lowest BCUT2D eigenvalue weighted by Crippen LogP contribution is -2.39. The topological polar surface area (TPSA) is 80.0 Å². The van der Waals surface area contributed by atoms with E-state index in [0.29, 0.717) is 5.56 Å². The summed E-state index contributed by atoms with van der Waals surface area (Å²) >= 11 is 0. The minimum Gasteiger partial charge on any atom is -0.391 e. The summed E-state index contributed by atoms with van der Waals surface area (Å²) in [6.45, 7) is 14.2. The van der Waals surface area contributed by atoms with Crippen molar-refractivity contribution >= 4 is 16.9 Å². The summed E-state index contributed by atoms with van der Waals surface area (Å²) in [6.07, 6.45) is 1.08. The first-order chi connectivity index (χ1) is 11.5. The van der Waals surface area contributed by atoms with Crippen LogP contribution in [-0.2, 0) is 0 Å². The summed E-state index contributed by atoms with van der Waals surface area (Å²) in [6, 6.07) is 1.99. The molecule has 2 heterocycles. The zero-order valence-electron chi connectivity index (χ0n) is 16.3. The van der Waals surface area contributed by atoms with Crippen LogP contribution in [0.3, 0.4) is 0 Å². The Labute approximate surface area is 149 Å². The van der Waals surface area contributed by atoms with E-state index in [-0.39, 0.29) is 29.8 Å². The van der Waals surface area contributed by atoms with E-state index in [1.807, 2.05) is 45.4 Å². The van der Waals surface area contributed by atoms with Gasteiger partial charge in [0.05, 0.1) is 23.3 Å². The third-order valence-electron chi connectivity index (χ3n) is 4.37. The number of aliphatic hydroxyl groups excluding tert-OH is 1. The van der Waals surface area contributed by atoms with E-state index >= 15 is 0 Å². The van der Waals surface area contributed by atoms with Crippen molar-refractivity contribution in [3.05, 3.63) is 23.5 Å². The van der Waals surface area contributed by atoms with E-state index < -0.39 is 6.10 Å². The van der Waals surface area contributed by atoms with Gasteiger partial charge in [-0.15, -0.1) is 0 Å². The van der Waals surface area contributed by atoms with Gasteiger partial charge in [-0.3, -0.25) is 4.79 Å². The predicted octanol–water partition coefficient (Wildman–Crippen LogP) is 3.27. The second kappa shape index (κ2) is 7.12. The maximum atomic E-state index is 12.8. The lowest BCUT2D eigenvalue weighted by atomic mass is 9.89. The number of hydrogen-bond donors (Lipinski definition) is 2. The van der Waals surface area contributed by atoms with E-state index in [0.717, 1.165) is 16.7 Å². The van der Waals surface area contributed by atoms with Crippen LogP contribution in [-0.4, -0.2) is 38.4 Å². The Hall–Kier alpha value is -1.95. The second-order valence-electron chi connectivity index (χ2n) is 8.26. The first kappa shape index (κ1) is 19.4. The molecule has 0 saturated carbocycles. The Morgan fingerprint density at radius 2 is 1.92 bits per heavy atom. The first-order valence-electron chi connectivity index (χ1n) is 8.86. The van der Waals surface area contributed by atoms with Gasteiger partial charge < -0.3 is 10.4 Å². The average Bonchev–Trinajstić information content (AvgIpc) is 2.94. The molecule has 0 aliphatic heterocycles. The molecule has 0 spiro atoms. The third kappa shape index (κ3) is 4.18. The van der Waals surface area contributed by atoms with Crippen molar-refractivity contribution in [3.63, 3.8) is 0 Å². The summed E-state index contributed by atoms with van der Waals surface area (Å²) in [5.74, 6) is -0.00691. The molecule has 0 bridgehead atoms. The van der Waals surface area contributed by atoms with Crippen LogP contribution in [0.5, 0.6) is 0 Å². The number of fused-ring (bicyclic) bond motifs is 1. The molecule has 6 nitrogen and oxygen atoms in total. The van der Waals surface area contributed by atoms with Crippen molar-refractivity contribution in [2.45, 2.75) is 66.5 Å². The number of aliphatic hydroxyl groups is 1. The van der Waals surface area contributed by atoms with E-state index in [1.54, 1.807) is 6.20 Å². The summed E-state index contributed by atoms with van der Waals surface area (Å²) in [5.41, 5.74) is 1.85. The fourth-order valence-electron chi connectivity index (χ4n) is 2.49. The zero-order chi connectivity index (χ0) is 18.9. The van der Waals surface area contributed by atoms with Gasteiger partial charge in [-0.25, -0.2) is 9.67 Å². The van der Waals surface area contributed by atoms with Crippen LogP contribution in [0.15, 0.2) is 12.3 Å². The molecule has 25 heavy (non-hydrogen) atoms. The molecular formula is C19H30N4O2. The lowest BCUT2D eigenvalue weighted by molar-refractivity contribution is 0.0587. The molecule has 2 aromatic heterocycles. The Morgan fingerprint density at radius 3 is 2.44 bits per heavy atom. The Morgan fingerprint density at radius 1 is 1.28 bits per heavy atom. The number of aromatic nitrogens is 3. The molecule has 6 heteroatoms. The molecule has 1 atom stereocenters. The number of hydrogen-bond acceptors (Lipinski definition) is 4. The van der Waals surface area contributed by atoms with Crippen LogP contribution in [0.4, 0.5) is 0 Å². The van der Waals surface area contributed by atoms with Crippen LogP contribution in [0.2, 0.25) is 0 Å². The van der Waals surface area contributed by atoms with Crippen LogP contribution in [0, 0.1) is 5.41 Å². The highest BCUT2D eigenvalue weighted by Crippen LogP contribution is 2.24. The lowest BCUT2D eigenvalue weighted by Gasteiger charge is -2.26. The van der Waals surface area contributed by atoms with Crippen LogP contribution in [0.25, 0.3) is 11.0 Å². The molecule has 2 rings (SSSR count). The third-order valence-corrected chi connectivity index (χ3v) is 4.37. The van der Waals surface area contributed by atoms with Crippen molar-refractivity contribution in [2.75, 3.05) is 6.54 Å². The molecule has 0 fully saturated rings. The molecule has 1 amide bonds. The first-order valence-corrected chi connectivity index (χ1v) is 8.86. The van der Waals surface area contributed by atoms with E-state index in [9.17, 15) is 9.90 Å². The molecule has 0 aliphatic rings. The standard InChI is InChI=1S/C19H30N4O2/c1-11(2)15-8-13(18(25)20-10-16(24)19(5,6)7)14-9-21-23(12(3)4)17(14)22-15/h8-9,11-12,16,24H,10H2,1-7H3,(H,20,25). The molecular weight excluding hydrogens is 316 g/mol. The number of carbonyl (C=O) groups is 1. The van der Waals surface area contributed by atoms with Gasteiger partial charge in [0.1, 0.15) is 0 Å². The maximum absolute atomic E-state index is 12.8. The number of rotatable bonds is 5. The zero-order valence-corrected chi connectivity index (χ0v) is 16.3. The van der Waals surface area contributed by atoms with Gasteiger partial charge in [-0.05, 0) is 31.2 Å². The Bertz CT molecular complexity index is 757. The predicted molar refractivity (Wildman–Crippen MR) is 99.8 cm³/mol. The van der Waals surface area contributed by atoms with Gasteiger partial charge in [-0.2, -0.15) is 5.10 Å². The minimum atomic E-state index is -0.614. The van der Waals surface area contributed by atoms with Crippen molar-refractivity contribution in [2.24, 2.45) is 5.41 Å². The van der Waals surface area contributed by atoms with E-state index in [4.69, 9.17) is 4.98 Å². The number of pyridine rings is 1. The second-order valence-corrected chi connectivity index (χ2v) is 8.26. The van der Waals surface area contributed by atoms with Gasteiger partial charge in [0.15, 0.2) is 5.65 Å². The molecule has 2 N–H and O–H groups in total. The highest BCUT2D eigenvalue weighted by Gasteiger charge is 2.24. The SMILES string of the molecule is CC(C)c1cc(C(=O)NCC(O)C(C)(C)C)c2cnn(C(C)C)c2n1. The molecule has 2 aromatic rings. The van der Waals surface area contributed by atoms with Crippen molar-refractivity contribution < 1.29 is 9.90 Å². The van der Waals surface area contributed by atoms with Crippen LogP contribution in [0.1, 0.15) is 76.5 Å². The van der Waals surface area contributed by atoms with E-state index in [2.05, 4.69) is 24.3 Å². The Balaban J connectivity index is 2.40. The fourth-order valence-corrected chi connectivity index (χ4v) is 2.49. The monoisotopic (exact) mass is 346 g/mol. The van der Waals surface area contributed by atoms with Crippen LogP contribution < -0.4 is 5.32 Å². The summed E-state index contributed by atoms with van der Waals surface area (Å²) < 4.78 is 1.84. The molecule has 1 unspecified atom stereocenters. The maximum Gasteiger partial charge on any atom is 0.252 e. The van der Waals surface area contributed by atoms with Gasteiger partial charge >= 0.3 is 0 Å². The summed E-state index contributed by atoms with van der Waals surface area (Å²) in [5, 5.41) is 18.2. The quantitative estimate of drug-likeness (QED) is 0.871. The molecule has 0 saturated heterocycles. The van der Waals surface area contributed by atoms with Crippen LogP contribution >= 0.6 is 0 Å². The Kier molecular flexibility index (Phi) is 5.52. The molecule has 0 aromatic carbocycles. The average molecular weight is 346 g/mol. The minimum absolute atomic E-state index is 0.158. The van der Waals surface area contributed by atoms with E-state index in [1.165, 1.54) is 0 Å².